The molecule has 1 heterocycles. The molecule has 20 heavy (non-hydrogen) atoms. The molecule has 1 aliphatic rings. The molecule has 0 saturated carbocycles. The van der Waals surface area contributed by atoms with Crippen molar-refractivity contribution in [1.29, 1.82) is 0 Å². The van der Waals surface area contributed by atoms with E-state index in [0.717, 1.165) is 16.9 Å². The molecule has 3 rings (SSSR count). The summed E-state index contributed by atoms with van der Waals surface area (Å²) in [7, 11) is 1.80. The van der Waals surface area contributed by atoms with Crippen LogP contribution < -0.4 is 10.3 Å². The Kier molecular flexibility index (Phi) is 3.16. The molecule has 2 aromatic carbocycles. The zero-order valence-corrected chi connectivity index (χ0v) is 11.6. The standard InChI is InChI=1S/C15H12ClN3O/c1-19(11-5-3-2-4-6-11)18-14-12-9-10(16)7-8-13(12)17-15(14)20/h2-9H,1H3,(H,17,18,20). The molecule has 0 aliphatic carbocycles. The fourth-order valence-electron chi connectivity index (χ4n) is 2.08. The zero-order valence-electron chi connectivity index (χ0n) is 10.8. The molecule has 0 aromatic heterocycles. The lowest BCUT2D eigenvalue weighted by Crippen LogP contribution is -2.20. The van der Waals surface area contributed by atoms with Crippen molar-refractivity contribution in [2.24, 2.45) is 5.10 Å². The van der Waals surface area contributed by atoms with Crippen LogP contribution in [0.3, 0.4) is 0 Å². The first kappa shape index (κ1) is 12.7. The highest BCUT2D eigenvalue weighted by atomic mass is 35.5. The number of nitrogens with one attached hydrogen (secondary N) is 1. The highest BCUT2D eigenvalue weighted by Crippen LogP contribution is 2.27. The molecule has 0 unspecified atom stereocenters. The molecule has 4 nitrogen and oxygen atoms in total. The lowest BCUT2D eigenvalue weighted by molar-refractivity contribution is -0.110. The van der Waals surface area contributed by atoms with Gasteiger partial charge in [0.1, 0.15) is 0 Å². The van der Waals surface area contributed by atoms with Crippen molar-refractivity contribution in [1.82, 2.24) is 0 Å². The number of halogens is 1. The van der Waals surface area contributed by atoms with E-state index in [-0.39, 0.29) is 5.91 Å². The third kappa shape index (κ3) is 2.26. The average molecular weight is 286 g/mol. The van der Waals surface area contributed by atoms with Crippen LogP contribution in [0, 0.1) is 0 Å². The second kappa shape index (κ2) is 4.98. The zero-order chi connectivity index (χ0) is 14.1. The Hall–Kier alpha value is -2.33. The van der Waals surface area contributed by atoms with Gasteiger partial charge in [-0.05, 0) is 30.3 Å². The van der Waals surface area contributed by atoms with Crippen LogP contribution in [0.25, 0.3) is 0 Å². The Morgan fingerprint density at radius 2 is 1.90 bits per heavy atom. The van der Waals surface area contributed by atoms with E-state index >= 15 is 0 Å². The summed E-state index contributed by atoms with van der Waals surface area (Å²) in [6.45, 7) is 0. The molecule has 1 amide bonds. The molecule has 0 atom stereocenters. The molecule has 1 N–H and O–H groups in total. The van der Waals surface area contributed by atoms with Crippen molar-refractivity contribution in [2.45, 2.75) is 0 Å². The Labute approximate surface area is 121 Å². The number of rotatable bonds is 2. The van der Waals surface area contributed by atoms with Gasteiger partial charge in [-0.3, -0.25) is 9.80 Å². The van der Waals surface area contributed by atoms with Gasteiger partial charge in [-0.2, -0.15) is 5.10 Å². The summed E-state index contributed by atoms with van der Waals surface area (Å²) in [5, 5.41) is 9.42. The van der Waals surface area contributed by atoms with Gasteiger partial charge in [0.05, 0.1) is 11.4 Å². The summed E-state index contributed by atoms with van der Waals surface area (Å²) in [5.74, 6) is -0.218. The van der Waals surface area contributed by atoms with Gasteiger partial charge < -0.3 is 5.32 Å². The molecule has 0 spiro atoms. The summed E-state index contributed by atoms with van der Waals surface area (Å²) in [5.41, 5.74) is 2.74. The van der Waals surface area contributed by atoms with Gasteiger partial charge in [0, 0.05) is 17.6 Å². The summed E-state index contributed by atoms with van der Waals surface area (Å²) in [4.78, 5) is 12.0. The molecule has 0 fully saturated rings. The SMILES string of the molecule is CN(/N=C1\C(=O)Nc2ccc(Cl)cc21)c1ccccc1. The number of hydrogen-bond acceptors (Lipinski definition) is 3. The maximum atomic E-state index is 12.0. The van der Waals surface area contributed by atoms with Gasteiger partial charge in [-0.1, -0.05) is 29.8 Å². The Morgan fingerprint density at radius 1 is 1.15 bits per heavy atom. The second-order valence-electron chi connectivity index (χ2n) is 4.45. The lowest BCUT2D eigenvalue weighted by Gasteiger charge is -2.13. The van der Waals surface area contributed by atoms with E-state index in [9.17, 15) is 4.79 Å². The summed E-state index contributed by atoms with van der Waals surface area (Å²) < 4.78 is 0. The topological polar surface area (TPSA) is 44.7 Å². The van der Waals surface area contributed by atoms with Gasteiger partial charge in [-0.15, -0.1) is 0 Å². The van der Waals surface area contributed by atoms with Crippen molar-refractivity contribution in [3.8, 4) is 0 Å². The van der Waals surface area contributed by atoms with Gasteiger partial charge >= 0.3 is 0 Å². The number of carbonyl (C=O) groups excluding carboxylic acids is 1. The van der Waals surface area contributed by atoms with Crippen molar-refractivity contribution in [3.05, 3.63) is 59.1 Å². The maximum Gasteiger partial charge on any atom is 0.276 e. The van der Waals surface area contributed by atoms with Crippen LogP contribution in [-0.4, -0.2) is 18.7 Å². The fourth-order valence-corrected chi connectivity index (χ4v) is 2.25. The molecule has 1 aliphatic heterocycles. The van der Waals surface area contributed by atoms with Gasteiger partial charge in [-0.25, -0.2) is 0 Å². The van der Waals surface area contributed by atoms with Crippen LogP contribution >= 0.6 is 11.6 Å². The fraction of sp³-hybridized carbons (Fsp3) is 0.0667. The van der Waals surface area contributed by atoms with Crippen molar-refractivity contribution < 1.29 is 4.79 Å². The molecule has 5 heteroatoms. The number of anilines is 2. The molecule has 100 valence electrons. The van der Waals surface area contributed by atoms with E-state index < -0.39 is 0 Å². The van der Waals surface area contributed by atoms with E-state index in [1.54, 1.807) is 30.3 Å². The van der Waals surface area contributed by atoms with E-state index in [0.29, 0.717) is 10.7 Å². The quantitative estimate of drug-likeness (QED) is 0.862. The number of fused-ring (bicyclic) bond motifs is 1. The smallest absolute Gasteiger partial charge is 0.276 e. The number of para-hydroxylation sites is 1. The summed E-state index contributed by atoms with van der Waals surface area (Å²) in [6, 6.07) is 14.9. The van der Waals surface area contributed by atoms with Crippen LogP contribution in [0.5, 0.6) is 0 Å². The minimum Gasteiger partial charge on any atom is -0.320 e. The maximum absolute atomic E-state index is 12.0. The third-order valence-corrected chi connectivity index (χ3v) is 3.31. The van der Waals surface area contributed by atoms with Crippen molar-refractivity contribution in [2.75, 3.05) is 17.4 Å². The van der Waals surface area contributed by atoms with E-state index in [4.69, 9.17) is 11.6 Å². The number of hydrogen-bond donors (Lipinski definition) is 1. The number of carbonyl (C=O) groups is 1. The van der Waals surface area contributed by atoms with Crippen LogP contribution in [0.4, 0.5) is 11.4 Å². The lowest BCUT2D eigenvalue weighted by atomic mass is 10.1. The Balaban J connectivity index is 2.01. The van der Waals surface area contributed by atoms with E-state index in [1.807, 2.05) is 30.3 Å². The predicted octanol–water partition coefficient (Wildman–Crippen LogP) is 3.13. The molecule has 0 bridgehead atoms. The normalized spacial score (nSPS) is 15.1. The molecule has 0 radical (unpaired) electrons. The largest absolute Gasteiger partial charge is 0.320 e. The number of nitrogens with zero attached hydrogens (tertiary/aromatic N) is 2. The summed E-state index contributed by atoms with van der Waals surface area (Å²) >= 11 is 5.98. The molecular formula is C15H12ClN3O. The van der Waals surface area contributed by atoms with Crippen LogP contribution in [0.2, 0.25) is 5.02 Å². The number of amides is 1. The van der Waals surface area contributed by atoms with Crippen LogP contribution in [0.15, 0.2) is 53.6 Å². The summed E-state index contributed by atoms with van der Waals surface area (Å²) in [6.07, 6.45) is 0. The van der Waals surface area contributed by atoms with Gasteiger partial charge in [0.15, 0.2) is 5.71 Å². The van der Waals surface area contributed by atoms with Crippen molar-refractivity contribution >= 4 is 34.6 Å². The highest BCUT2D eigenvalue weighted by Gasteiger charge is 2.26. The minimum absolute atomic E-state index is 0.218. The number of hydrazone groups is 1. The molecule has 2 aromatic rings. The highest BCUT2D eigenvalue weighted by molar-refractivity contribution is 6.54. The minimum atomic E-state index is -0.218. The van der Waals surface area contributed by atoms with Gasteiger partial charge in [0.25, 0.3) is 5.91 Å². The Morgan fingerprint density at radius 3 is 2.65 bits per heavy atom. The van der Waals surface area contributed by atoms with Crippen LogP contribution in [0.1, 0.15) is 5.56 Å². The van der Waals surface area contributed by atoms with E-state index in [2.05, 4.69) is 10.4 Å². The van der Waals surface area contributed by atoms with Crippen LogP contribution in [-0.2, 0) is 4.79 Å². The first-order valence-corrected chi connectivity index (χ1v) is 6.51. The predicted molar refractivity (Wildman–Crippen MR) is 81.5 cm³/mol. The van der Waals surface area contributed by atoms with E-state index in [1.165, 1.54) is 0 Å². The monoisotopic (exact) mass is 285 g/mol. The second-order valence-corrected chi connectivity index (χ2v) is 4.89. The van der Waals surface area contributed by atoms with Gasteiger partial charge in [0.2, 0.25) is 0 Å². The number of benzene rings is 2. The first-order valence-electron chi connectivity index (χ1n) is 6.14. The molecular weight excluding hydrogens is 274 g/mol. The molecule has 0 saturated heterocycles. The third-order valence-electron chi connectivity index (χ3n) is 3.08. The average Bonchev–Trinajstić information content (AvgIpc) is 2.76. The Bertz CT molecular complexity index is 698. The first-order chi connectivity index (χ1) is 9.65. The van der Waals surface area contributed by atoms with Crippen molar-refractivity contribution in [3.63, 3.8) is 0 Å².